The standard InChI is InChI=1S/C20H23N3O2S/c1-21(2)11-5-8-19(24)23-14-9-10-16(23)20(25)22(12-14)17-13-26-18-7-4-3-6-15(17)18/h3-8,13-14,16H,9-12H2,1-2H3/b8-5+. The highest BCUT2D eigenvalue weighted by Crippen LogP contribution is 2.38. The molecule has 0 N–H and O–H groups in total. The van der Waals surface area contributed by atoms with Gasteiger partial charge in [0.2, 0.25) is 11.8 Å². The third-order valence-corrected chi connectivity index (χ3v) is 6.13. The number of hydrogen-bond donors (Lipinski definition) is 0. The summed E-state index contributed by atoms with van der Waals surface area (Å²) >= 11 is 1.66. The van der Waals surface area contributed by atoms with Gasteiger partial charge in [-0.3, -0.25) is 9.59 Å². The van der Waals surface area contributed by atoms with Crippen LogP contribution in [-0.2, 0) is 9.59 Å². The minimum absolute atomic E-state index is 0.0393. The minimum Gasteiger partial charge on any atom is -0.322 e. The predicted molar refractivity (Wildman–Crippen MR) is 106 cm³/mol. The molecule has 1 aromatic heterocycles. The molecule has 2 amide bonds. The first-order valence-electron chi connectivity index (χ1n) is 8.97. The van der Waals surface area contributed by atoms with Crippen LogP contribution in [0.5, 0.6) is 0 Å². The van der Waals surface area contributed by atoms with Crippen LogP contribution in [0.4, 0.5) is 5.69 Å². The van der Waals surface area contributed by atoms with Crippen molar-refractivity contribution in [3.63, 3.8) is 0 Å². The van der Waals surface area contributed by atoms with E-state index in [0.717, 1.165) is 30.5 Å². The third kappa shape index (κ3) is 2.93. The summed E-state index contributed by atoms with van der Waals surface area (Å²) in [6.45, 7) is 1.30. The molecule has 2 aromatic rings. The van der Waals surface area contributed by atoms with Crippen molar-refractivity contribution in [1.82, 2.24) is 9.80 Å². The summed E-state index contributed by atoms with van der Waals surface area (Å²) in [6.07, 6.45) is 5.14. The van der Waals surface area contributed by atoms with Gasteiger partial charge < -0.3 is 14.7 Å². The van der Waals surface area contributed by atoms with E-state index in [1.807, 2.05) is 42.1 Å². The summed E-state index contributed by atoms with van der Waals surface area (Å²) in [5, 5.41) is 3.19. The number of benzene rings is 1. The van der Waals surface area contributed by atoms with Crippen LogP contribution < -0.4 is 4.90 Å². The molecule has 1 aromatic carbocycles. The molecule has 2 unspecified atom stereocenters. The first-order valence-corrected chi connectivity index (χ1v) is 9.85. The number of fused-ring (bicyclic) bond motifs is 3. The molecule has 2 aliphatic rings. The molecule has 0 saturated carbocycles. The maximum atomic E-state index is 13.1. The molecule has 136 valence electrons. The molecule has 2 saturated heterocycles. The monoisotopic (exact) mass is 369 g/mol. The summed E-state index contributed by atoms with van der Waals surface area (Å²) in [5.41, 5.74) is 0.989. The van der Waals surface area contributed by atoms with E-state index in [9.17, 15) is 9.59 Å². The zero-order valence-electron chi connectivity index (χ0n) is 15.1. The van der Waals surface area contributed by atoms with Gasteiger partial charge in [0.05, 0.1) is 11.7 Å². The van der Waals surface area contributed by atoms with Crippen LogP contribution in [0.1, 0.15) is 12.8 Å². The van der Waals surface area contributed by atoms with E-state index < -0.39 is 0 Å². The molecule has 5 nitrogen and oxygen atoms in total. The highest BCUT2D eigenvalue weighted by Gasteiger charge is 2.47. The van der Waals surface area contributed by atoms with Crippen molar-refractivity contribution in [2.45, 2.75) is 24.9 Å². The Morgan fingerprint density at radius 1 is 1.31 bits per heavy atom. The van der Waals surface area contributed by atoms with Gasteiger partial charge in [0.25, 0.3) is 0 Å². The van der Waals surface area contributed by atoms with E-state index in [4.69, 9.17) is 0 Å². The van der Waals surface area contributed by atoms with Gasteiger partial charge in [0, 0.05) is 34.6 Å². The number of hydrogen-bond acceptors (Lipinski definition) is 4. The summed E-state index contributed by atoms with van der Waals surface area (Å²) in [5.74, 6) is 0.0131. The fraction of sp³-hybridized carbons (Fsp3) is 0.400. The average Bonchev–Trinajstić information content (AvgIpc) is 3.19. The van der Waals surface area contributed by atoms with Crippen LogP contribution in [0.15, 0.2) is 41.8 Å². The van der Waals surface area contributed by atoms with Crippen LogP contribution in [0.25, 0.3) is 10.1 Å². The minimum atomic E-state index is -0.330. The van der Waals surface area contributed by atoms with Crippen molar-refractivity contribution < 1.29 is 9.59 Å². The van der Waals surface area contributed by atoms with E-state index in [1.54, 1.807) is 22.3 Å². The van der Waals surface area contributed by atoms with E-state index in [0.29, 0.717) is 6.54 Å². The zero-order valence-corrected chi connectivity index (χ0v) is 15.9. The maximum Gasteiger partial charge on any atom is 0.249 e. The number of piperazine rings is 1. The first-order chi connectivity index (χ1) is 12.6. The van der Waals surface area contributed by atoms with Crippen LogP contribution >= 0.6 is 11.3 Å². The van der Waals surface area contributed by atoms with Gasteiger partial charge in [-0.05, 0) is 33.0 Å². The van der Waals surface area contributed by atoms with Gasteiger partial charge in [-0.2, -0.15) is 0 Å². The zero-order chi connectivity index (χ0) is 18.3. The Hall–Kier alpha value is -2.18. The smallest absolute Gasteiger partial charge is 0.249 e. The topological polar surface area (TPSA) is 43.9 Å². The Morgan fingerprint density at radius 3 is 2.92 bits per heavy atom. The lowest BCUT2D eigenvalue weighted by Gasteiger charge is -2.39. The molecule has 2 atom stereocenters. The number of carbonyl (C=O) groups excluding carboxylic acids is 2. The van der Waals surface area contributed by atoms with Crippen molar-refractivity contribution in [3.05, 3.63) is 41.8 Å². The fourth-order valence-corrected chi connectivity index (χ4v) is 4.91. The van der Waals surface area contributed by atoms with Crippen molar-refractivity contribution in [3.8, 4) is 0 Å². The number of nitrogens with zero attached hydrogens (tertiary/aromatic N) is 3. The van der Waals surface area contributed by atoms with Gasteiger partial charge in [-0.1, -0.05) is 24.3 Å². The van der Waals surface area contributed by atoms with Crippen molar-refractivity contribution in [2.75, 3.05) is 32.1 Å². The number of rotatable bonds is 4. The number of carbonyl (C=O) groups is 2. The van der Waals surface area contributed by atoms with Crippen LogP contribution in [0.2, 0.25) is 0 Å². The summed E-state index contributed by atoms with van der Waals surface area (Å²) in [6, 6.07) is 7.95. The highest BCUT2D eigenvalue weighted by molar-refractivity contribution is 7.17. The Morgan fingerprint density at radius 2 is 2.12 bits per heavy atom. The van der Waals surface area contributed by atoms with Gasteiger partial charge in [0.1, 0.15) is 6.04 Å². The lowest BCUT2D eigenvalue weighted by Crippen LogP contribution is -2.58. The van der Waals surface area contributed by atoms with Gasteiger partial charge in [-0.15, -0.1) is 11.3 Å². The predicted octanol–water partition coefficient (Wildman–Crippen LogP) is 2.73. The van der Waals surface area contributed by atoms with Crippen LogP contribution in [-0.4, -0.2) is 60.9 Å². The normalized spacial score (nSPS) is 23.0. The summed E-state index contributed by atoms with van der Waals surface area (Å²) < 4.78 is 1.19. The number of anilines is 1. The number of likely N-dealkylation sites (N-methyl/N-ethyl adjacent to an activating group) is 1. The number of amides is 2. The molecule has 3 heterocycles. The number of thiophene rings is 1. The Bertz CT molecular complexity index is 873. The highest BCUT2D eigenvalue weighted by atomic mass is 32.1. The summed E-state index contributed by atoms with van der Waals surface area (Å²) in [7, 11) is 3.93. The van der Waals surface area contributed by atoms with E-state index in [1.165, 1.54) is 4.70 Å². The molecule has 0 spiro atoms. The second-order valence-electron chi connectivity index (χ2n) is 7.22. The summed E-state index contributed by atoms with van der Waals surface area (Å²) in [4.78, 5) is 31.5. The molecule has 0 aliphatic carbocycles. The molecule has 4 rings (SSSR count). The third-order valence-electron chi connectivity index (χ3n) is 5.18. The SMILES string of the molecule is CN(C)C/C=C/C(=O)N1C2CCC1C(=O)N(c1csc3ccccc13)C2. The average molecular weight is 369 g/mol. The largest absolute Gasteiger partial charge is 0.322 e. The van der Waals surface area contributed by atoms with Gasteiger partial charge >= 0.3 is 0 Å². The maximum absolute atomic E-state index is 13.1. The fourth-order valence-electron chi connectivity index (χ4n) is 3.96. The van der Waals surface area contributed by atoms with Crippen molar-refractivity contribution in [1.29, 1.82) is 0 Å². The van der Waals surface area contributed by atoms with Gasteiger partial charge in [-0.25, -0.2) is 0 Å². The molecule has 2 bridgehead atoms. The Labute approximate surface area is 157 Å². The molecule has 0 radical (unpaired) electrons. The lowest BCUT2D eigenvalue weighted by molar-refractivity contribution is -0.137. The first kappa shape index (κ1) is 17.2. The molecule has 6 heteroatoms. The second-order valence-corrected chi connectivity index (χ2v) is 8.13. The van der Waals surface area contributed by atoms with Crippen molar-refractivity contribution in [2.24, 2.45) is 0 Å². The molecular formula is C20H23N3O2S. The van der Waals surface area contributed by atoms with Crippen LogP contribution in [0.3, 0.4) is 0 Å². The van der Waals surface area contributed by atoms with E-state index in [-0.39, 0.29) is 23.9 Å². The second kappa shape index (κ2) is 6.85. The Kier molecular flexibility index (Phi) is 4.54. The molecule has 2 aliphatic heterocycles. The van der Waals surface area contributed by atoms with Crippen LogP contribution in [0, 0.1) is 0 Å². The molecule has 2 fully saturated rings. The lowest BCUT2D eigenvalue weighted by atomic mass is 10.1. The molecular weight excluding hydrogens is 346 g/mol. The van der Waals surface area contributed by atoms with E-state index >= 15 is 0 Å². The quantitative estimate of drug-likeness (QED) is 0.779. The van der Waals surface area contributed by atoms with Crippen molar-refractivity contribution >= 4 is 38.9 Å². The van der Waals surface area contributed by atoms with Gasteiger partial charge in [0.15, 0.2) is 0 Å². The Balaban J connectivity index is 1.57. The molecule has 26 heavy (non-hydrogen) atoms. The van der Waals surface area contributed by atoms with E-state index in [2.05, 4.69) is 17.5 Å².